The van der Waals surface area contributed by atoms with E-state index in [1.165, 1.54) is 62.1 Å². The molecule has 3 aromatic rings. The molecule has 1 atom stereocenters. The van der Waals surface area contributed by atoms with Crippen molar-refractivity contribution in [1.29, 1.82) is 0 Å². The van der Waals surface area contributed by atoms with E-state index in [-0.39, 0.29) is 28.7 Å². The zero-order chi connectivity index (χ0) is 31.2. The van der Waals surface area contributed by atoms with Crippen molar-refractivity contribution >= 4 is 5.97 Å². The average Bonchev–Trinajstić information content (AvgIpc) is 2.99. The summed E-state index contributed by atoms with van der Waals surface area (Å²) in [6.07, 6.45) is 2.36. The molecule has 0 heterocycles. The molecule has 3 aromatic carbocycles. The molecule has 0 radical (unpaired) electrons. The van der Waals surface area contributed by atoms with E-state index in [2.05, 4.69) is 6.92 Å². The first-order chi connectivity index (χ1) is 20.7. The summed E-state index contributed by atoms with van der Waals surface area (Å²) in [6.45, 7) is 4.73. The highest BCUT2D eigenvalue weighted by Gasteiger charge is 2.42. The Balaban J connectivity index is 1.63. The average molecular weight is 605 g/mol. The van der Waals surface area contributed by atoms with Crippen molar-refractivity contribution in [1.82, 2.24) is 0 Å². The lowest BCUT2D eigenvalue weighted by Gasteiger charge is -2.20. The van der Waals surface area contributed by atoms with E-state index in [4.69, 9.17) is 9.47 Å². The monoisotopic (exact) mass is 604 g/mol. The van der Waals surface area contributed by atoms with Gasteiger partial charge in [-0.05, 0) is 54.7 Å². The minimum Gasteiger partial charge on any atom is -0.494 e. The van der Waals surface area contributed by atoms with Crippen molar-refractivity contribution in [3.05, 3.63) is 77.9 Å². The summed E-state index contributed by atoms with van der Waals surface area (Å²) >= 11 is 0. The lowest BCUT2D eigenvalue weighted by Crippen LogP contribution is -2.33. The van der Waals surface area contributed by atoms with Crippen LogP contribution in [0.4, 0.5) is 22.0 Å². The highest BCUT2D eigenvalue weighted by atomic mass is 19.4. The van der Waals surface area contributed by atoms with Crippen molar-refractivity contribution in [3.63, 3.8) is 0 Å². The Morgan fingerprint density at radius 2 is 1.16 bits per heavy atom. The lowest BCUT2D eigenvalue weighted by atomic mass is 9.98. The fourth-order valence-electron chi connectivity index (χ4n) is 4.83. The molecule has 0 bridgehead atoms. The second-order valence-corrected chi connectivity index (χ2v) is 10.8. The third-order valence-electron chi connectivity index (χ3n) is 7.38. The highest BCUT2D eigenvalue weighted by molar-refractivity contribution is 5.90. The van der Waals surface area contributed by atoms with Crippen LogP contribution in [0.25, 0.3) is 22.3 Å². The summed E-state index contributed by atoms with van der Waals surface area (Å²) < 4.78 is 81.0. The molecular formula is C35H41F5O3. The van der Waals surface area contributed by atoms with Crippen molar-refractivity contribution in [3.8, 4) is 28.0 Å². The van der Waals surface area contributed by atoms with Gasteiger partial charge in [0.2, 0.25) is 0 Å². The SMILES string of the molecule is CCCCCCCCOc1ccc(-c2ccc(-c3ccc(C(=O)OC(CCCCCC)C(F)(F)F)cc3)c(F)c2F)cc1. The van der Waals surface area contributed by atoms with Gasteiger partial charge < -0.3 is 9.47 Å². The molecule has 0 saturated carbocycles. The second-order valence-electron chi connectivity index (χ2n) is 10.8. The molecule has 43 heavy (non-hydrogen) atoms. The second kappa shape index (κ2) is 17.0. The molecule has 1 unspecified atom stereocenters. The molecule has 3 rings (SSSR count). The first-order valence-electron chi connectivity index (χ1n) is 15.2. The van der Waals surface area contributed by atoms with Crippen LogP contribution < -0.4 is 4.74 Å². The fraction of sp³-hybridized carbons (Fsp3) is 0.457. The van der Waals surface area contributed by atoms with Gasteiger partial charge in [0.25, 0.3) is 0 Å². The molecule has 0 aromatic heterocycles. The number of halogens is 5. The van der Waals surface area contributed by atoms with Crippen LogP contribution in [0.3, 0.4) is 0 Å². The molecule has 8 heteroatoms. The molecule has 234 valence electrons. The van der Waals surface area contributed by atoms with Crippen LogP contribution in [-0.4, -0.2) is 24.9 Å². The number of ether oxygens (including phenoxy) is 2. The number of carbonyl (C=O) groups excluding carboxylic acids is 1. The summed E-state index contributed by atoms with van der Waals surface area (Å²) in [4.78, 5) is 12.4. The Hall–Kier alpha value is -3.42. The molecular weight excluding hydrogens is 563 g/mol. The van der Waals surface area contributed by atoms with E-state index in [1.807, 2.05) is 6.92 Å². The van der Waals surface area contributed by atoms with Gasteiger partial charge in [-0.3, -0.25) is 0 Å². The Bertz CT molecular complexity index is 1270. The molecule has 0 aliphatic carbocycles. The Labute approximate surface area is 251 Å². The van der Waals surface area contributed by atoms with Crippen molar-refractivity contribution < 1.29 is 36.2 Å². The van der Waals surface area contributed by atoms with E-state index < -0.39 is 29.9 Å². The van der Waals surface area contributed by atoms with Gasteiger partial charge in [0.15, 0.2) is 17.7 Å². The summed E-state index contributed by atoms with van der Waals surface area (Å²) in [5, 5.41) is 0. The number of carbonyl (C=O) groups is 1. The van der Waals surface area contributed by atoms with E-state index in [0.29, 0.717) is 30.8 Å². The van der Waals surface area contributed by atoms with Gasteiger partial charge in [-0.15, -0.1) is 0 Å². The van der Waals surface area contributed by atoms with Gasteiger partial charge in [-0.1, -0.05) is 102 Å². The molecule has 0 amide bonds. The predicted molar refractivity (Wildman–Crippen MR) is 160 cm³/mol. The summed E-state index contributed by atoms with van der Waals surface area (Å²) in [6, 6.07) is 14.9. The van der Waals surface area contributed by atoms with Crippen LogP contribution in [0, 0.1) is 11.6 Å². The lowest BCUT2D eigenvalue weighted by molar-refractivity contribution is -0.206. The molecule has 0 saturated heterocycles. The van der Waals surface area contributed by atoms with E-state index in [0.717, 1.165) is 25.7 Å². The minimum absolute atomic E-state index is 0.0378. The number of rotatable bonds is 17. The summed E-state index contributed by atoms with van der Waals surface area (Å²) in [5.74, 6) is -2.56. The third-order valence-corrected chi connectivity index (χ3v) is 7.38. The molecule has 3 nitrogen and oxygen atoms in total. The standard InChI is InChI=1S/C35H41F5O3/c1-3-5-7-9-10-12-24-42-28-20-18-26(19-21-28)30-23-22-29(32(36)33(30)37)25-14-16-27(17-15-25)34(41)43-31(35(38,39)40)13-11-8-6-4-2/h14-23,31H,3-13,24H2,1-2H3. The summed E-state index contributed by atoms with van der Waals surface area (Å²) in [5.41, 5.74) is 0.694. The number of hydrogen-bond donors (Lipinski definition) is 0. The first-order valence-corrected chi connectivity index (χ1v) is 15.2. The minimum atomic E-state index is -4.68. The topological polar surface area (TPSA) is 35.5 Å². The molecule has 0 spiro atoms. The number of alkyl halides is 3. The van der Waals surface area contributed by atoms with Crippen LogP contribution in [0.1, 0.15) is 94.8 Å². The normalized spacial score (nSPS) is 12.3. The maximum absolute atomic E-state index is 15.1. The van der Waals surface area contributed by atoms with E-state index >= 15 is 8.78 Å². The molecule has 0 aliphatic heterocycles. The van der Waals surface area contributed by atoms with Crippen molar-refractivity contribution in [2.24, 2.45) is 0 Å². The zero-order valence-electron chi connectivity index (χ0n) is 25.0. The number of esters is 1. The Morgan fingerprint density at radius 3 is 1.70 bits per heavy atom. The quantitative estimate of drug-likeness (QED) is 0.0874. The van der Waals surface area contributed by atoms with Gasteiger partial charge in [-0.2, -0.15) is 13.2 Å². The van der Waals surface area contributed by atoms with Gasteiger partial charge in [-0.25, -0.2) is 13.6 Å². The summed E-state index contributed by atoms with van der Waals surface area (Å²) in [7, 11) is 0. The van der Waals surface area contributed by atoms with Gasteiger partial charge in [0.05, 0.1) is 12.2 Å². The maximum Gasteiger partial charge on any atom is 0.425 e. The zero-order valence-corrected chi connectivity index (χ0v) is 25.0. The molecule has 0 N–H and O–H groups in total. The van der Waals surface area contributed by atoms with Crippen LogP contribution in [0.5, 0.6) is 5.75 Å². The van der Waals surface area contributed by atoms with Gasteiger partial charge in [0, 0.05) is 11.1 Å². The van der Waals surface area contributed by atoms with E-state index in [9.17, 15) is 18.0 Å². The van der Waals surface area contributed by atoms with Crippen LogP contribution in [0.15, 0.2) is 60.7 Å². The molecule has 0 aliphatic rings. The van der Waals surface area contributed by atoms with Gasteiger partial charge >= 0.3 is 12.1 Å². The smallest absolute Gasteiger partial charge is 0.425 e. The largest absolute Gasteiger partial charge is 0.494 e. The van der Waals surface area contributed by atoms with E-state index in [1.54, 1.807) is 24.3 Å². The van der Waals surface area contributed by atoms with Crippen LogP contribution in [-0.2, 0) is 4.74 Å². The first kappa shape index (κ1) is 34.1. The number of unbranched alkanes of at least 4 members (excludes halogenated alkanes) is 8. The third kappa shape index (κ3) is 10.4. The van der Waals surface area contributed by atoms with Crippen LogP contribution in [0.2, 0.25) is 0 Å². The Morgan fingerprint density at radius 1 is 0.674 bits per heavy atom. The Kier molecular flexibility index (Phi) is 13.5. The highest BCUT2D eigenvalue weighted by Crippen LogP contribution is 2.33. The van der Waals surface area contributed by atoms with Crippen molar-refractivity contribution in [2.75, 3.05) is 6.61 Å². The van der Waals surface area contributed by atoms with Gasteiger partial charge in [0.1, 0.15) is 5.75 Å². The predicted octanol–water partition coefficient (Wildman–Crippen LogP) is 11.1. The van der Waals surface area contributed by atoms with Crippen LogP contribution >= 0.6 is 0 Å². The molecule has 0 fully saturated rings. The number of hydrogen-bond acceptors (Lipinski definition) is 3. The fourth-order valence-corrected chi connectivity index (χ4v) is 4.83. The maximum atomic E-state index is 15.1. The number of benzene rings is 3. The van der Waals surface area contributed by atoms with Crippen molar-refractivity contribution in [2.45, 2.75) is 96.8 Å².